The number of ether oxygens (including phenoxy) is 4. The summed E-state index contributed by atoms with van der Waals surface area (Å²) < 4.78 is 91.2. The molecule has 4 N–H and O–H groups in total. The van der Waals surface area contributed by atoms with E-state index in [-0.39, 0.29) is 62.9 Å². The number of benzene rings is 2. The number of rotatable bonds is 9. The molecule has 17 heteroatoms. The lowest BCUT2D eigenvalue weighted by molar-refractivity contribution is -0.286. The van der Waals surface area contributed by atoms with Crippen molar-refractivity contribution in [2.24, 2.45) is 11.7 Å². The van der Waals surface area contributed by atoms with E-state index in [9.17, 15) is 32.3 Å². The van der Waals surface area contributed by atoms with E-state index in [4.69, 9.17) is 15.2 Å². The van der Waals surface area contributed by atoms with E-state index in [1.54, 1.807) is 0 Å². The number of carbonyl (C=O) groups is 2. The molecule has 4 aromatic rings. The standard InChI is InChI=1S/C31H26F5N5O7/c1-29(27(37)43)12-46-24-20(29)21(32)25(39-23(24)13-3-6-17-18(8-13)48-31(35,36)47-17)30(44,16-4-5-16)11-38-26(42)14-7-15-10-41(28(33)34)40-22(15)19(9-14)45-2/h3,6-10,16,28,44H,4-5,11-12H2,1-2H3,(H2,37,43)(H,38,42)/t29-,30-/m1/s1. The maximum absolute atomic E-state index is 16.7. The molecule has 1 aliphatic carbocycles. The largest absolute Gasteiger partial charge is 0.586 e. The molecule has 3 aliphatic rings. The van der Waals surface area contributed by atoms with E-state index < -0.39 is 59.6 Å². The van der Waals surface area contributed by atoms with E-state index in [2.05, 4.69) is 24.9 Å². The summed E-state index contributed by atoms with van der Waals surface area (Å²) in [6.07, 6.45) is -2.03. The number of carbonyl (C=O) groups excluding carboxylic acids is 2. The van der Waals surface area contributed by atoms with Crippen LogP contribution in [0.25, 0.3) is 22.2 Å². The maximum Gasteiger partial charge on any atom is 0.586 e. The molecule has 0 bridgehead atoms. The van der Waals surface area contributed by atoms with Crippen LogP contribution in [-0.2, 0) is 15.8 Å². The van der Waals surface area contributed by atoms with Gasteiger partial charge in [-0.1, -0.05) is 0 Å². The summed E-state index contributed by atoms with van der Waals surface area (Å²) in [6, 6.07) is 6.28. The van der Waals surface area contributed by atoms with Crippen LogP contribution >= 0.6 is 0 Å². The minimum Gasteiger partial charge on any atom is -0.494 e. The molecule has 0 saturated heterocycles. The molecule has 2 atom stereocenters. The van der Waals surface area contributed by atoms with Gasteiger partial charge in [0.2, 0.25) is 5.91 Å². The second-order valence-corrected chi connectivity index (χ2v) is 12.0. The Bertz CT molecular complexity index is 2020. The second-order valence-electron chi connectivity index (χ2n) is 12.0. The number of alkyl halides is 4. The Hall–Kier alpha value is -5.19. The first-order valence-corrected chi connectivity index (χ1v) is 14.6. The number of amides is 2. The zero-order valence-electron chi connectivity index (χ0n) is 25.2. The van der Waals surface area contributed by atoms with Gasteiger partial charge in [-0.05, 0) is 56.0 Å². The molecular weight excluding hydrogens is 649 g/mol. The van der Waals surface area contributed by atoms with E-state index in [0.717, 1.165) is 6.20 Å². The van der Waals surface area contributed by atoms with Crippen LogP contribution in [0.4, 0.5) is 22.0 Å². The molecule has 2 aromatic carbocycles. The predicted octanol–water partition coefficient (Wildman–Crippen LogP) is 4.13. The summed E-state index contributed by atoms with van der Waals surface area (Å²) in [4.78, 5) is 30.5. The van der Waals surface area contributed by atoms with Gasteiger partial charge in [-0.15, -0.1) is 8.78 Å². The quantitative estimate of drug-likeness (QED) is 0.222. The van der Waals surface area contributed by atoms with Gasteiger partial charge >= 0.3 is 12.8 Å². The van der Waals surface area contributed by atoms with Gasteiger partial charge < -0.3 is 35.1 Å². The van der Waals surface area contributed by atoms with Crippen molar-refractivity contribution in [3.05, 3.63) is 59.2 Å². The average Bonchev–Trinajstić information content (AvgIpc) is 3.59. The molecule has 12 nitrogen and oxygen atoms in total. The monoisotopic (exact) mass is 675 g/mol. The van der Waals surface area contributed by atoms with Gasteiger partial charge in [-0.3, -0.25) is 9.59 Å². The maximum atomic E-state index is 16.7. The number of aliphatic hydroxyl groups is 1. The first-order chi connectivity index (χ1) is 22.6. The number of nitrogens with two attached hydrogens (primary N) is 1. The van der Waals surface area contributed by atoms with Crippen LogP contribution in [0.5, 0.6) is 23.0 Å². The van der Waals surface area contributed by atoms with Crippen molar-refractivity contribution in [3.63, 3.8) is 0 Å². The van der Waals surface area contributed by atoms with Gasteiger partial charge in [0.05, 0.1) is 19.2 Å². The zero-order chi connectivity index (χ0) is 34.3. The first kappa shape index (κ1) is 31.4. The van der Waals surface area contributed by atoms with Gasteiger partial charge in [0, 0.05) is 22.7 Å². The van der Waals surface area contributed by atoms with Crippen molar-refractivity contribution in [2.45, 2.75) is 43.6 Å². The number of pyridine rings is 1. The molecular formula is C31H26F5N5O7. The van der Waals surface area contributed by atoms with Gasteiger partial charge in [-0.25, -0.2) is 14.1 Å². The molecule has 7 rings (SSSR count). The van der Waals surface area contributed by atoms with Crippen molar-refractivity contribution in [1.29, 1.82) is 0 Å². The number of halogens is 5. The van der Waals surface area contributed by atoms with Crippen LogP contribution in [0, 0.1) is 11.7 Å². The van der Waals surface area contributed by atoms with E-state index in [1.165, 1.54) is 44.4 Å². The Morgan fingerprint density at radius 2 is 1.94 bits per heavy atom. The summed E-state index contributed by atoms with van der Waals surface area (Å²) in [5, 5.41) is 18.7. The third kappa shape index (κ3) is 4.91. The lowest BCUT2D eigenvalue weighted by Crippen LogP contribution is -2.45. The molecule has 0 unspecified atom stereocenters. The molecule has 48 heavy (non-hydrogen) atoms. The third-order valence-corrected chi connectivity index (χ3v) is 8.82. The van der Waals surface area contributed by atoms with Crippen LogP contribution in [0.3, 0.4) is 0 Å². The summed E-state index contributed by atoms with van der Waals surface area (Å²) in [5.74, 6) is -4.13. The fraction of sp³-hybridized carbons (Fsp3) is 0.355. The zero-order valence-corrected chi connectivity index (χ0v) is 25.2. The van der Waals surface area contributed by atoms with E-state index in [1.807, 2.05) is 0 Å². The topological polar surface area (TPSA) is 160 Å². The molecule has 2 aromatic heterocycles. The molecule has 1 saturated carbocycles. The van der Waals surface area contributed by atoms with Crippen LogP contribution in [-0.4, -0.2) is 58.2 Å². The Kier molecular flexibility index (Phi) is 6.98. The normalized spacial score (nSPS) is 20.4. The highest BCUT2D eigenvalue weighted by Gasteiger charge is 2.53. The van der Waals surface area contributed by atoms with Crippen molar-refractivity contribution in [3.8, 4) is 34.3 Å². The number of hydrogen-bond acceptors (Lipinski definition) is 9. The molecule has 2 amide bonds. The SMILES string of the molecule is COc1cc(C(=O)NC[C@](O)(c2nc(-c3ccc4c(c3)OC(F)(F)O4)c3c(c2F)[C@](C)(C(N)=O)CO3)C2CC2)cc2cn(C(F)F)nc12. The smallest absolute Gasteiger partial charge is 0.494 e. The van der Waals surface area contributed by atoms with Crippen molar-refractivity contribution in [1.82, 2.24) is 20.1 Å². The van der Waals surface area contributed by atoms with Crippen molar-refractivity contribution >= 4 is 22.7 Å². The van der Waals surface area contributed by atoms with Gasteiger partial charge in [0.15, 0.2) is 23.1 Å². The minimum atomic E-state index is -3.92. The number of nitrogens with zero attached hydrogens (tertiary/aromatic N) is 3. The number of primary amides is 1. The summed E-state index contributed by atoms with van der Waals surface area (Å²) in [7, 11) is 1.28. The minimum absolute atomic E-state index is 0.0266. The van der Waals surface area contributed by atoms with E-state index >= 15 is 4.39 Å². The Morgan fingerprint density at radius 3 is 2.60 bits per heavy atom. The van der Waals surface area contributed by atoms with Crippen LogP contribution < -0.4 is 30.0 Å². The summed E-state index contributed by atoms with van der Waals surface area (Å²) >= 11 is 0. The number of methoxy groups -OCH3 is 1. The first-order valence-electron chi connectivity index (χ1n) is 14.6. The van der Waals surface area contributed by atoms with Gasteiger partial charge in [-0.2, -0.15) is 13.9 Å². The number of aromatic nitrogens is 3. The van der Waals surface area contributed by atoms with Crippen LogP contribution in [0.1, 0.15) is 47.9 Å². The highest BCUT2D eigenvalue weighted by atomic mass is 19.3. The Balaban J connectivity index is 1.30. The molecule has 0 spiro atoms. The average molecular weight is 676 g/mol. The molecule has 4 heterocycles. The Morgan fingerprint density at radius 1 is 1.21 bits per heavy atom. The molecule has 2 aliphatic heterocycles. The lowest BCUT2D eigenvalue weighted by atomic mass is 9.80. The Labute approximate surface area is 267 Å². The highest BCUT2D eigenvalue weighted by molar-refractivity contribution is 6.00. The number of fused-ring (bicyclic) bond motifs is 3. The van der Waals surface area contributed by atoms with Crippen molar-refractivity contribution in [2.75, 3.05) is 20.3 Å². The summed E-state index contributed by atoms with van der Waals surface area (Å²) in [5.41, 5.74) is 1.05. The van der Waals surface area contributed by atoms with Crippen LogP contribution in [0.2, 0.25) is 0 Å². The third-order valence-electron chi connectivity index (χ3n) is 8.82. The van der Waals surface area contributed by atoms with Gasteiger partial charge in [0.25, 0.3) is 5.91 Å². The predicted molar refractivity (Wildman–Crippen MR) is 154 cm³/mol. The lowest BCUT2D eigenvalue weighted by Gasteiger charge is -2.30. The van der Waals surface area contributed by atoms with Crippen LogP contribution in [0.15, 0.2) is 36.5 Å². The fourth-order valence-corrected chi connectivity index (χ4v) is 6.05. The van der Waals surface area contributed by atoms with E-state index in [0.29, 0.717) is 17.5 Å². The number of nitrogens with one attached hydrogen (secondary N) is 1. The second kappa shape index (κ2) is 10.7. The molecule has 0 radical (unpaired) electrons. The van der Waals surface area contributed by atoms with Crippen molar-refractivity contribution < 1.29 is 55.6 Å². The fourth-order valence-electron chi connectivity index (χ4n) is 6.05. The van der Waals surface area contributed by atoms with Gasteiger partial charge in [0.1, 0.15) is 40.3 Å². The summed E-state index contributed by atoms with van der Waals surface area (Å²) in [6.45, 7) is -2.53. The number of hydrogen-bond donors (Lipinski definition) is 3. The highest BCUT2D eigenvalue weighted by Crippen LogP contribution is 2.52. The molecule has 252 valence electrons. The molecule has 1 fully saturated rings.